The number of carbonyl (C=O) groups is 1. The van der Waals surface area contributed by atoms with Crippen LogP contribution in [-0.2, 0) is 10.0 Å². The second-order valence-electron chi connectivity index (χ2n) is 4.93. The summed E-state index contributed by atoms with van der Waals surface area (Å²) in [5.74, 6) is -1.89. The number of hydrogen-bond acceptors (Lipinski definition) is 5. The van der Waals surface area contributed by atoms with Gasteiger partial charge in [0, 0.05) is 6.07 Å². The molecule has 0 unspecified atom stereocenters. The van der Waals surface area contributed by atoms with Gasteiger partial charge in [0.15, 0.2) is 0 Å². The van der Waals surface area contributed by atoms with Crippen molar-refractivity contribution in [1.82, 2.24) is 9.97 Å². The molecule has 0 saturated carbocycles. The van der Waals surface area contributed by atoms with Gasteiger partial charge < -0.3 is 20.2 Å². The van der Waals surface area contributed by atoms with Crippen molar-refractivity contribution in [3.8, 4) is 5.75 Å². The number of aromatic carboxylic acids is 1. The normalized spacial score (nSPS) is 11.5. The molecule has 0 saturated heterocycles. The number of aromatic hydroxyl groups is 1. The van der Waals surface area contributed by atoms with Crippen molar-refractivity contribution in [2.45, 2.75) is 4.90 Å². The van der Waals surface area contributed by atoms with E-state index in [1.165, 1.54) is 24.3 Å². The molecule has 2 aromatic carbocycles. The number of aromatic nitrogens is 2. The number of anilines is 1. The van der Waals surface area contributed by atoms with Crippen LogP contribution in [0.1, 0.15) is 10.4 Å². The molecule has 3 aromatic rings. The van der Waals surface area contributed by atoms with Crippen LogP contribution < -0.4 is 10.4 Å². The number of fused-ring (bicyclic) bond motifs is 1. The number of carboxylic acid groups (broad SMARTS) is 1. The van der Waals surface area contributed by atoms with Gasteiger partial charge in [-0.15, -0.1) is 0 Å². The Morgan fingerprint density at radius 2 is 1.75 bits per heavy atom. The number of sulfonamides is 1. The van der Waals surface area contributed by atoms with Crippen LogP contribution in [0.5, 0.6) is 5.75 Å². The molecule has 0 aliphatic carbocycles. The van der Waals surface area contributed by atoms with Crippen molar-refractivity contribution in [3.63, 3.8) is 0 Å². The number of aromatic amines is 2. The van der Waals surface area contributed by atoms with Crippen LogP contribution in [0, 0.1) is 0 Å². The lowest BCUT2D eigenvalue weighted by atomic mass is 10.2. The van der Waals surface area contributed by atoms with E-state index < -0.39 is 27.4 Å². The molecular weight excluding hydrogens is 338 g/mol. The summed E-state index contributed by atoms with van der Waals surface area (Å²) in [5, 5.41) is 18.5. The van der Waals surface area contributed by atoms with Crippen molar-refractivity contribution < 1.29 is 23.4 Å². The number of phenols is 1. The van der Waals surface area contributed by atoms with Gasteiger partial charge in [0.25, 0.3) is 10.0 Å². The van der Waals surface area contributed by atoms with E-state index in [1.54, 1.807) is 0 Å². The van der Waals surface area contributed by atoms with Gasteiger partial charge in [0.1, 0.15) is 11.3 Å². The number of carboxylic acids is 1. The maximum Gasteiger partial charge on any atom is 0.339 e. The fraction of sp³-hybridized carbons (Fsp3) is 0. The summed E-state index contributed by atoms with van der Waals surface area (Å²) in [6.45, 7) is 0. The molecule has 1 heterocycles. The van der Waals surface area contributed by atoms with E-state index in [0.717, 1.165) is 12.1 Å². The average Bonchev–Trinajstić information content (AvgIpc) is 2.85. The van der Waals surface area contributed by atoms with Crippen LogP contribution in [0.25, 0.3) is 11.0 Å². The minimum absolute atomic E-state index is 0.000147. The standard InChI is InChI=1S/C14H11N3O6S/c18-12-5-7(1-3-9(12)13(19)20)17-24(22,23)8-2-4-10-11(6-8)16-14(21)15-10/h1-6,17-18H,(H,19,20)(H2,15,16,21). The van der Waals surface area contributed by atoms with Gasteiger partial charge in [0.2, 0.25) is 0 Å². The fourth-order valence-electron chi connectivity index (χ4n) is 2.17. The largest absolute Gasteiger partial charge is 0.507 e. The maximum absolute atomic E-state index is 12.4. The minimum atomic E-state index is -3.99. The topological polar surface area (TPSA) is 152 Å². The lowest BCUT2D eigenvalue weighted by Crippen LogP contribution is -2.13. The molecule has 0 aliphatic heterocycles. The summed E-state index contributed by atoms with van der Waals surface area (Å²) in [6, 6.07) is 7.32. The van der Waals surface area contributed by atoms with E-state index in [2.05, 4.69) is 14.7 Å². The lowest BCUT2D eigenvalue weighted by molar-refractivity contribution is 0.0694. The smallest absolute Gasteiger partial charge is 0.339 e. The van der Waals surface area contributed by atoms with Gasteiger partial charge in [-0.3, -0.25) is 4.72 Å². The average molecular weight is 349 g/mol. The van der Waals surface area contributed by atoms with E-state index in [4.69, 9.17) is 5.11 Å². The van der Waals surface area contributed by atoms with Gasteiger partial charge in [0.05, 0.1) is 21.6 Å². The Morgan fingerprint density at radius 1 is 1.04 bits per heavy atom. The Morgan fingerprint density at radius 3 is 2.42 bits per heavy atom. The highest BCUT2D eigenvalue weighted by molar-refractivity contribution is 7.92. The summed E-state index contributed by atoms with van der Waals surface area (Å²) in [6.07, 6.45) is 0. The second-order valence-corrected chi connectivity index (χ2v) is 6.61. The molecule has 9 nitrogen and oxygen atoms in total. The van der Waals surface area contributed by atoms with Crippen molar-refractivity contribution in [1.29, 1.82) is 0 Å². The first kappa shape index (κ1) is 15.6. The molecule has 124 valence electrons. The molecule has 0 bridgehead atoms. The summed E-state index contributed by atoms with van der Waals surface area (Å²) in [7, 11) is -3.99. The lowest BCUT2D eigenvalue weighted by Gasteiger charge is -2.09. The number of H-pyrrole nitrogens is 2. The van der Waals surface area contributed by atoms with Crippen LogP contribution in [-0.4, -0.2) is 34.6 Å². The molecule has 0 radical (unpaired) electrons. The Kier molecular flexibility index (Phi) is 3.53. The van der Waals surface area contributed by atoms with Crippen molar-refractivity contribution in [2.75, 3.05) is 4.72 Å². The highest BCUT2D eigenvalue weighted by Gasteiger charge is 2.17. The van der Waals surface area contributed by atoms with Crippen LogP contribution >= 0.6 is 0 Å². The molecular formula is C14H11N3O6S. The fourth-order valence-corrected chi connectivity index (χ4v) is 3.24. The molecule has 10 heteroatoms. The number of benzene rings is 2. The van der Waals surface area contributed by atoms with Crippen LogP contribution in [0.2, 0.25) is 0 Å². The zero-order valence-corrected chi connectivity index (χ0v) is 12.7. The molecule has 0 amide bonds. The van der Waals surface area contributed by atoms with E-state index in [-0.39, 0.29) is 16.1 Å². The van der Waals surface area contributed by atoms with Crippen molar-refractivity contribution >= 4 is 32.7 Å². The molecule has 1 aromatic heterocycles. The highest BCUT2D eigenvalue weighted by Crippen LogP contribution is 2.24. The third-order valence-electron chi connectivity index (χ3n) is 3.28. The predicted octanol–water partition coefficient (Wildman–Crippen LogP) is 1.06. The number of hydrogen-bond donors (Lipinski definition) is 5. The van der Waals surface area contributed by atoms with E-state index in [1.807, 2.05) is 0 Å². The van der Waals surface area contributed by atoms with Crippen LogP contribution in [0.15, 0.2) is 46.1 Å². The van der Waals surface area contributed by atoms with Crippen LogP contribution in [0.4, 0.5) is 5.69 Å². The van der Waals surface area contributed by atoms with Gasteiger partial charge >= 0.3 is 11.7 Å². The second kappa shape index (κ2) is 5.42. The molecule has 5 N–H and O–H groups in total. The van der Waals surface area contributed by atoms with Gasteiger partial charge in [-0.2, -0.15) is 0 Å². The monoisotopic (exact) mass is 349 g/mol. The first-order chi connectivity index (χ1) is 11.3. The maximum atomic E-state index is 12.4. The number of rotatable bonds is 4. The molecule has 0 spiro atoms. The first-order valence-corrected chi connectivity index (χ1v) is 8.06. The summed E-state index contributed by atoms with van der Waals surface area (Å²) >= 11 is 0. The molecule has 3 rings (SSSR count). The van der Waals surface area contributed by atoms with E-state index >= 15 is 0 Å². The Balaban J connectivity index is 1.96. The minimum Gasteiger partial charge on any atom is -0.507 e. The quantitative estimate of drug-likeness (QED) is 0.475. The molecule has 0 atom stereocenters. The molecule has 0 fully saturated rings. The van der Waals surface area contributed by atoms with Crippen molar-refractivity contribution in [2.24, 2.45) is 0 Å². The van der Waals surface area contributed by atoms with Crippen molar-refractivity contribution in [3.05, 3.63) is 52.4 Å². The Labute approximate surface area is 134 Å². The third-order valence-corrected chi connectivity index (χ3v) is 4.66. The zero-order valence-electron chi connectivity index (χ0n) is 11.9. The first-order valence-electron chi connectivity index (χ1n) is 6.57. The van der Waals surface area contributed by atoms with Crippen LogP contribution in [0.3, 0.4) is 0 Å². The zero-order chi connectivity index (χ0) is 17.5. The SMILES string of the molecule is O=C(O)c1ccc(NS(=O)(=O)c2ccc3[nH]c(=O)[nH]c3c2)cc1O. The summed E-state index contributed by atoms with van der Waals surface area (Å²) in [5.41, 5.74) is -0.0135. The predicted molar refractivity (Wildman–Crippen MR) is 84.8 cm³/mol. The van der Waals surface area contributed by atoms with Gasteiger partial charge in [-0.1, -0.05) is 0 Å². The Bertz CT molecular complexity index is 1110. The highest BCUT2D eigenvalue weighted by atomic mass is 32.2. The number of nitrogens with one attached hydrogen (secondary N) is 3. The van der Waals surface area contributed by atoms with E-state index in [0.29, 0.717) is 11.0 Å². The van der Waals surface area contributed by atoms with Gasteiger partial charge in [-0.25, -0.2) is 18.0 Å². The summed E-state index contributed by atoms with van der Waals surface area (Å²) in [4.78, 5) is 26.9. The Hall–Kier alpha value is -3.27. The third kappa shape index (κ3) is 2.82. The summed E-state index contributed by atoms with van der Waals surface area (Å²) < 4.78 is 27.0. The van der Waals surface area contributed by atoms with E-state index in [9.17, 15) is 23.1 Å². The number of imidazole rings is 1. The molecule has 0 aliphatic rings. The molecule has 24 heavy (non-hydrogen) atoms. The van der Waals surface area contributed by atoms with Gasteiger partial charge in [-0.05, 0) is 30.3 Å².